The van der Waals surface area contributed by atoms with Gasteiger partial charge >= 0.3 is 0 Å². The Morgan fingerprint density at radius 2 is 2.08 bits per heavy atom. The molecule has 3 heteroatoms. The van der Waals surface area contributed by atoms with E-state index < -0.39 is 0 Å². The van der Waals surface area contributed by atoms with E-state index >= 15 is 0 Å². The molecular weight excluding hydrogens is 230 g/mol. The predicted octanol–water partition coefficient (Wildman–Crippen LogP) is 2.50. The van der Waals surface area contributed by atoms with Gasteiger partial charge in [-0.3, -0.25) is 0 Å². The molecule has 0 amide bonds. The van der Waals surface area contributed by atoms with Gasteiger partial charge < -0.3 is 4.84 Å². The minimum Gasteiger partial charge on any atom is -0.304 e. The van der Waals surface area contributed by atoms with Crippen molar-refractivity contribution in [2.24, 2.45) is 5.90 Å². The smallest absolute Gasteiger partial charge is 0.0719 e. The molecule has 1 aromatic carbocycles. The fourth-order valence-corrected chi connectivity index (χ4v) is 1.82. The standard InChI is InChI=1S/C10H14BrNO/c1-7-5-9(3-4-13-12)6-10(11)8(7)2/h5-6H,3-4,12H2,1-2H3. The zero-order chi connectivity index (χ0) is 9.84. The van der Waals surface area contributed by atoms with Gasteiger partial charge in [0.15, 0.2) is 0 Å². The van der Waals surface area contributed by atoms with Gasteiger partial charge in [0.1, 0.15) is 0 Å². The first-order chi connectivity index (χ1) is 6.15. The maximum absolute atomic E-state index is 4.97. The molecule has 0 radical (unpaired) electrons. The molecule has 1 rings (SSSR count). The molecule has 0 aliphatic rings. The van der Waals surface area contributed by atoms with E-state index in [0.717, 1.165) is 10.9 Å². The van der Waals surface area contributed by atoms with Crippen LogP contribution in [0, 0.1) is 13.8 Å². The third-order valence-electron chi connectivity index (χ3n) is 2.17. The molecule has 0 aliphatic heterocycles. The highest BCUT2D eigenvalue weighted by Crippen LogP contribution is 2.21. The largest absolute Gasteiger partial charge is 0.304 e. The Morgan fingerprint density at radius 1 is 1.38 bits per heavy atom. The summed E-state index contributed by atoms with van der Waals surface area (Å²) >= 11 is 3.52. The molecule has 0 atom stereocenters. The van der Waals surface area contributed by atoms with Gasteiger partial charge in [0.25, 0.3) is 0 Å². The van der Waals surface area contributed by atoms with Gasteiger partial charge in [-0.1, -0.05) is 22.0 Å². The fourth-order valence-electron chi connectivity index (χ4n) is 1.21. The molecular formula is C10H14BrNO. The topological polar surface area (TPSA) is 35.2 Å². The molecule has 0 aromatic heterocycles. The Kier molecular flexibility index (Phi) is 3.90. The van der Waals surface area contributed by atoms with Gasteiger partial charge in [-0.2, -0.15) is 0 Å². The van der Waals surface area contributed by atoms with Crippen molar-refractivity contribution in [3.8, 4) is 0 Å². The molecule has 0 fully saturated rings. The SMILES string of the molecule is Cc1cc(CCON)cc(Br)c1C. The predicted molar refractivity (Wildman–Crippen MR) is 57.5 cm³/mol. The first-order valence-electron chi connectivity index (χ1n) is 4.22. The quantitative estimate of drug-likeness (QED) is 0.829. The molecule has 0 unspecified atom stereocenters. The lowest BCUT2D eigenvalue weighted by Crippen LogP contribution is -2.04. The molecule has 72 valence electrons. The second kappa shape index (κ2) is 4.74. The van der Waals surface area contributed by atoms with Crippen LogP contribution in [0.3, 0.4) is 0 Å². The second-order valence-corrected chi connectivity index (χ2v) is 3.99. The summed E-state index contributed by atoms with van der Waals surface area (Å²) in [5.41, 5.74) is 3.83. The third kappa shape index (κ3) is 2.79. The molecule has 1 aromatic rings. The summed E-state index contributed by atoms with van der Waals surface area (Å²) in [6.07, 6.45) is 0.857. The van der Waals surface area contributed by atoms with Crippen molar-refractivity contribution in [3.63, 3.8) is 0 Å². The van der Waals surface area contributed by atoms with Crippen LogP contribution in [0.5, 0.6) is 0 Å². The molecule has 2 nitrogen and oxygen atoms in total. The molecule has 13 heavy (non-hydrogen) atoms. The van der Waals surface area contributed by atoms with Crippen LogP contribution in [0.2, 0.25) is 0 Å². The minimum atomic E-state index is 0.564. The summed E-state index contributed by atoms with van der Waals surface area (Å²) in [6, 6.07) is 4.28. The maximum atomic E-state index is 4.97. The molecule has 0 saturated carbocycles. The molecule has 0 aliphatic carbocycles. The van der Waals surface area contributed by atoms with Gasteiger partial charge in [-0.25, -0.2) is 5.90 Å². The minimum absolute atomic E-state index is 0.564. The Balaban J connectivity index is 2.86. The normalized spacial score (nSPS) is 10.5. The van der Waals surface area contributed by atoms with Crippen LogP contribution in [-0.4, -0.2) is 6.61 Å². The first kappa shape index (κ1) is 10.7. The summed E-state index contributed by atoms with van der Waals surface area (Å²) in [4.78, 5) is 4.54. The summed E-state index contributed by atoms with van der Waals surface area (Å²) < 4.78 is 1.15. The first-order valence-corrected chi connectivity index (χ1v) is 5.01. The average Bonchev–Trinajstić information content (AvgIpc) is 2.10. The molecule has 0 bridgehead atoms. The van der Waals surface area contributed by atoms with Gasteiger partial charge in [-0.15, -0.1) is 0 Å². The number of rotatable bonds is 3. The van der Waals surface area contributed by atoms with E-state index in [9.17, 15) is 0 Å². The number of nitrogens with two attached hydrogens (primary N) is 1. The van der Waals surface area contributed by atoms with Crippen LogP contribution >= 0.6 is 15.9 Å². The van der Waals surface area contributed by atoms with Crippen molar-refractivity contribution in [1.82, 2.24) is 0 Å². The van der Waals surface area contributed by atoms with Gasteiger partial charge in [0, 0.05) is 4.47 Å². The Hall–Kier alpha value is -0.380. The van der Waals surface area contributed by atoms with Crippen molar-refractivity contribution in [2.75, 3.05) is 6.61 Å². The Bertz CT molecular complexity index is 276. The Morgan fingerprint density at radius 3 is 2.62 bits per heavy atom. The third-order valence-corrected chi connectivity index (χ3v) is 3.00. The van der Waals surface area contributed by atoms with Crippen LogP contribution in [-0.2, 0) is 11.3 Å². The van der Waals surface area contributed by atoms with E-state index in [1.807, 2.05) is 0 Å². The second-order valence-electron chi connectivity index (χ2n) is 3.14. The number of hydrogen-bond donors (Lipinski definition) is 1. The number of halogens is 1. The van der Waals surface area contributed by atoms with Crippen LogP contribution < -0.4 is 5.90 Å². The lowest BCUT2D eigenvalue weighted by Gasteiger charge is -2.07. The lowest BCUT2D eigenvalue weighted by molar-refractivity contribution is 0.141. The van der Waals surface area contributed by atoms with Crippen LogP contribution in [0.1, 0.15) is 16.7 Å². The summed E-state index contributed by atoms with van der Waals surface area (Å²) in [5, 5.41) is 0. The summed E-state index contributed by atoms with van der Waals surface area (Å²) in [5.74, 6) is 4.97. The van der Waals surface area contributed by atoms with Crippen molar-refractivity contribution in [1.29, 1.82) is 0 Å². The summed E-state index contributed by atoms with van der Waals surface area (Å²) in [7, 11) is 0. The highest BCUT2D eigenvalue weighted by molar-refractivity contribution is 9.10. The fraction of sp³-hybridized carbons (Fsp3) is 0.400. The maximum Gasteiger partial charge on any atom is 0.0719 e. The molecule has 0 spiro atoms. The van der Waals surface area contributed by atoms with Crippen LogP contribution in [0.4, 0.5) is 0 Å². The van der Waals surface area contributed by atoms with E-state index in [0.29, 0.717) is 6.61 Å². The highest BCUT2D eigenvalue weighted by Gasteiger charge is 2.01. The van der Waals surface area contributed by atoms with E-state index in [2.05, 4.69) is 46.7 Å². The van der Waals surface area contributed by atoms with Crippen molar-refractivity contribution in [3.05, 3.63) is 33.3 Å². The zero-order valence-electron chi connectivity index (χ0n) is 7.93. The highest BCUT2D eigenvalue weighted by atomic mass is 79.9. The summed E-state index contributed by atoms with van der Waals surface area (Å²) in [6.45, 7) is 4.77. The van der Waals surface area contributed by atoms with E-state index in [-0.39, 0.29) is 0 Å². The van der Waals surface area contributed by atoms with Crippen molar-refractivity contribution in [2.45, 2.75) is 20.3 Å². The van der Waals surface area contributed by atoms with E-state index in [1.165, 1.54) is 16.7 Å². The zero-order valence-corrected chi connectivity index (χ0v) is 9.52. The van der Waals surface area contributed by atoms with E-state index in [4.69, 9.17) is 5.90 Å². The number of benzene rings is 1. The van der Waals surface area contributed by atoms with Crippen LogP contribution in [0.15, 0.2) is 16.6 Å². The van der Waals surface area contributed by atoms with E-state index in [1.54, 1.807) is 0 Å². The van der Waals surface area contributed by atoms with Gasteiger partial charge in [0.2, 0.25) is 0 Å². The number of hydrogen-bond acceptors (Lipinski definition) is 2. The Labute approximate surface area is 87.2 Å². The number of aryl methyl sites for hydroxylation is 1. The van der Waals surface area contributed by atoms with Gasteiger partial charge in [0.05, 0.1) is 6.61 Å². The van der Waals surface area contributed by atoms with Crippen molar-refractivity contribution >= 4 is 15.9 Å². The van der Waals surface area contributed by atoms with Gasteiger partial charge in [-0.05, 0) is 43.0 Å². The monoisotopic (exact) mass is 243 g/mol. The van der Waals surface area contributed by atoms with Crippen LogP contribution in [0.25, 0.3) is 0 Å². The molecule has 2 N–H and O–H groups in total. The average molecular weight is 244 g/mol. The van der Waals surface area contributed by atoms with Crippen molar-refractivity contribution < 1.29 is 4.84 Å². The lowest BCUT2D eigenvalue weighted by atomic mass is 10.0. The molecule has 0 saturated heterocycles. The molecule has 0 heterocycles.